The summed E-state index contributed by atoms with van der Waals surface area (Å²) in [5.41, 5.74) is 8.95. The minimum absolute atomic E-state index is 1.06. The van der Waals surface area contributed by atoms with Gasteiger partial charge in [0.1, 0.15) is 0 Å². The summed E-state index contributed by atoms with van der Waals surface area (Å²) in [4.78, 5) is 4.77. The molecule has 0 bridgehead atoms. The van der Waals surface area contributed by atoms with Crippen molar-refractivity contribution in [1.29, 1.82) is 0 Å². The maximum atomic E-state index is 5.74. The Hall–Kier alpha value is -1.61. The first-order valence-electron chi connectivity index (χ1n) is 6.74. The van der Waals surface area contributed by atoms with Gasteiger partial charge in [0.2, 0.25) is 0 Å². The summed E-state index contributed by atoms with van der Waals surface area (Å²) in [7, 11) is 0. The maximum Gasteiger partial charge on any atom is 0.0726 e. The third kappa shape index (κ3) is 1.75. The number of nitrogens with one attached hydrogen (secondary N) is 1. The fourth-order valence-electron chi connectivity index (χ4n) is 2.92. The Bertz CT molecular complexity index is 590. The van der Waals surface area contributed by atoms with E-state index in [1.807, 2.05) is 0 Å². The third-order valence-electron chi connectivity index (χ3n) is 3.76. The highest BCUT2D eigenvalue weighted by atomic mass is 15.2. The molecule has 0 amide bonds. The molecular formula is C15H19N3. The molecule has 1 heterocycles. The van der Waals surface area contributed by atoms with Crippen LogP contribution in [0.3, 0.4) is 0 Å². The molecule has 3 N–H and O–H groups in total. The normalized spacial score (nSPS) is 13.9. The largest absolute Gasteiger partial charge is 0.323 e. The summed E-state index contributed by atoms with van der Waals surface area (Å²) in [5, 5.41) is 1.17. The Kier molecular flexibility index (Phi) is 2.92. The Balaban J connectivity index is 2.24. The van der Waals surface area contributed by atoms with Crippen LogP contribution in [0, 0.1) is 0 Å². The molecule has 0 fully saturated rings. The number of fused-ring (bicyclic) bond motifs is 2. The summed E-state index contributed by atoms with van der Waals surface area (Å²) in [5.74, 6) is 5.74. The van der Waals surface area contributed by atoms with E-state index in [-0.39, 0.29) is 0 Å². The molecular weight excluding hydrogens is 222 g/mol. The molecule has 94 valence electrons. The van der Waals surface area contributed by atoms with Gasteiger partial charge in [0, 0.05) is 11.1 Å². The molecule has 3 nitrogen and oxygen atoms in total. The quantitative estimate of drug-likeness (QED) is 0.641. The van der Waals surface area contributed by atoms with Crippen LogP contribution < -0.4 is 11.3 Å². The number of pyridine rings is 1. The summed E-state index contributed by atoms with van der Waals surface area (Å²) in [6.45, 7) is 2.20. The minimum Gasteiger partial charge on any atom is -0.323 e. The van der Waals surface area contributed by atoms with Gasteiger partial charge in [-0.25, -0.2) is 0 Å². The first kappa shape index (κ1) is 11.5. The van der Waals surface area contributed by atoms with Crippen molar-refractivity contribution in [3.8, 4) is 0 Å². The molecule has 0 radical (unpaired) electrons. The molecule has 1 aliphatic carbocycles. The first-order valence-corrected chi connectivity index (χ1v) is 6.74. The molecule has 2 aromatic rings. The van der Waals surface area contributed by atoms with Crippen molar-refractivity contribution < 1.29 is 0 Å². The fourth-order valence-corrected chi connectivity index (χ4v) is 2.92. The van der Waals surface area contributed by atoms with E-state index in [2.05, 4.69) is 30.5 Å². The van der Waals surface area contributed by atoms with Crippen LogP contribution in [0.15, 0.2) is 18.2 Å². The van der Waals surface area contributed by atoms with Crippen LogP contribution in [0.2, 0.25) is 0 Å². The first-order chi connectivity index (χ1) is 8.83. The predicted octanol–water partition coefficient (Wildman–Crippen LogP) is 2.96. The molecule has 0 atom stereocenters. The zero-order chi connectivity index (χ0) is 12.5. The number of aromatic nitrogens is 1. The van der Waals surface area contributed by atoms with Crippen molar-refractivity contribution in [3.63, 3.8) is 0 Å². The van der Waals surface area contributed by atoms with Crippen molar-refractivity contribution in [2.24, 2.45) is 5.84 Å². The van der Waals surface area contributed by atoms with E-state index in [9.17, 15) is 0 Å². The Morgan fingerprint density at radius 3 is 3.00 bits per heavy atom. The Morgan fingerprint density at radius 2 is 2.22 bits per heavy atom. The lowest BCUT2D eigenvalue weighted by Crippen LogP contribution is -2.10. The van der Waals surface area contributed by atoms with Crippen LogP contribution in [0.25, 0.3) is 10.9 Å². The molecule has 1 aromatic carbocycles. The van der Waals surface area contributed by atoms with Crippen molar-refractivity contribution in [3.05, 3.63) is 35.0 Å². The van der Waals surface area contributed by atoms with E-state index >= 15 is 0 Å². The van der Waals surface area contributed by atoms with Crippen molar-refractivity contribution in [2.45, 2.75) is 39.0 Å². The number of nitrogens with two attached hydrogens (primary N) is 1. The van der Waals surface area contributed by atoms with Crippen molar-refractivity contribution in [1.82, 2.24) is 4.98 Å². The van der Waals surface area contributed by atoms with E-state index in [0.29, 0.717) is 0 Å². The average molecular weight is 241 g/mol. The maximum absolute atomic E-state index is 5.74. The topological polar surface area (TPSA) is 50.9 Å². The standard InChI is InChI=1S/C15H19N3/c1-2-4-10-7-8-14-12(9-10)15(18-16)11-5-3-6-13(11)17-14/h7-9H,2-6,16H2,1H3,(H,17,18). The van der Waals surface area contributed by atoms with Crippen LogP contribution in [-0.4, -0.2) is 4.98 Å². The zero-order valence-electron chi connectivity index (χ0n) is 10.8. The van der Waals surface area contributed by atoms with Gasteiger partial charge in [-0.2, -0.15) is 0 Å². The third-order valence-corrected chi connectivity index (χ3v) is 3.76. The van der Waals surface area contributed by atoms with E-state index in [1.165, 1.54) is 28.6 Å². The molecule has 3 heteroatoms. The van der Waals surface area contributed by atoms with Crippen LogP contribution >= 0.6 is 0 Å². The van der Waals surface area contributed by atoms with Crippen LogP contribution in [0.5, 0.6) is 0 Å². The Morgan fingerprint density at radius 1 is 1.33 bits per heavy atom. The molecule has 0 saturated heterocycles. The highest BCUT2D eigenvalue weighted by molar-refractivity contribution is 5.94. The van der Waals surface area contributed by atoms with Crippen molar-refractivity contribution in [2.75, 3.05) is 5.43 Å². The van der Waals surface area contributed by atoms with E-state index in [1.54, 1.807) is 0 Å². The summed E-state index contributed by atoms with van der Waals surface area (Å²) in [6, 6.07) is 6.54. The smallest absolute Gasteiger partial charge is 0.0726 e. The van der Waals surface area contributed by atoms with E-state index in [4.69, 9.17) is 10.8 Å². The SMILES string of the molecule is CCCc1ccc2nc3c(c(NN)c2c1)CCC3. The summed E-state index contributed by atoms with van der Waals surface area (Å²) in [6.07, 6.45) is 5.63. The van der Waals surface area contributed by atoms with Crippen LogP contribution in [-0.2, 0) is 19.3 Å². The number of aryl methyl sites for hydroxylation is 2. The number of hydrazine groups is 1. The molecule has 0 aliphatic heterocycles. The molecule has 1 aliphatic rings. The number of hydrogen-bond donors (Lipinski definition) is 2. The lowest BCUT2D eigenvalue weighted by atomic mass is 10.0. The molecule has 0 saturated carbocycles. The van der Waals surface area contributed by atoms with Crippen LogP contribution in [0.4, 0.5) is 5.69 Å². The van der Waals surface area contributed by atoms with Gasteiger partial charge in [0.15, 0.2) is 0 Å². The Labute approximate surface area is 107 Å². The lowest BCUT2D eigenvalue weighted by Gasteiger charge is -2.12. The highest BCUT2D eigenvalue weighted by Gasteiger charge is 2.19. The average Bonchev–Trinajstić information content (AvgIpc) is 2.84. The van der Waals surface area contributed by atoms with Gasteiger partial charge >= 0.3 is 0 Å². The lowest BCUT2D eigenvalue weighted by molar-refractivity contribution is 0.901. The molecule has 0 spiro atoms. The van der Waals surface area contributed by atoms with E-state index < -0.39 is 0 Å². The van der Waals surface area contributed by atoms with Gasteiger partial charge in [-0.15, -0.1) is 0 Å². The number of rotatable bonds is 3. The van der Waals surface area contributed by atoms with Gasteiger partial charge in [0.25, 0.3) is 0 Å². The second-order valence-electron chi connectivity index (χ2n) is 5.01. The monoisotopic (exact) mass is 241 g/mol. The molecule has 3 rings (SSSR count). The zero-order valence-corrected chi connectivity index (χ0v) is 10.8. The predicted molar refractivity (Wildman–Crippen MR) is 75.6 cm³/mol. The number of hydrogen-bond acceptors (Lipinski definition) is 3. The number of nitrogens with zero attached hydrogens (tertiary/aromatic N) is 1. The van der Waals surface area contributed by atoms with Gasteiger partial charge in [-0.3, -0.25) is 10.8 Å². The second-order valence-corrected chi connectivity index (χ2v) is 5.01. The van der Waals surface area contributed by atoms with Gasteiger partial charge < -0.3 is 5.43 Å². The fraction of sp³-hybridized carbons (Fsp3) is 0.400. The van der Waals surface area contributed by atoms with E-state index in [0.717, 1.165) is 36.9 Å². The number of benzene rings is 1. The number of anilines is 1. The van der Waals surface area contributed by atoms with Gasteiger partial charge in [0.05, 0.1) is 11.2 Å². The highest BCUT2D eigenvalue weighted by Crippen LogP contribution is 2.33. The van der Waals surface area contributed by atoms with Gasteiger partial charge in [-0.05, 0) is 48.9 Å². The summed E-state index contributed by atoms with van der Waals surface area (Å²) < 4.78 is 0. The second kappa shape index (κ2) is 4.58. The minimum atomic E-state index is 1.06. The molecule has 18 heavy (non-hydrogen) atoms. The summed E-state index contributed by atoms with van der Waals surface area (Å²) >= 11 is 0. The van der Waals surface area contributed by atoms with Crippen molar-refractivity contribution >= 4 is 16.6 Å². The number of nitrogen functional groups attached to an aromatic ring is 1. The molecule has 0 unspecified atom stereocenters. The molecule has 1 aromatic heterocycles. The van der Waals surface area contributed by atoms with Crippen LogP contribution in [0.1, 0.15) is 36.6 Å². The van der Waals surface area contributed by atoms with Gasteiger partial charge in [-0.1, -0.05) is 19.4 Å².